The van der Waals surface area contributed by atoms with E-state index in [0.717, 1.165) is 23.1 Å². The Morgan fingerprint density at radius 2 is 1.38 bits per heavy atom. The summed E-state index contributed by atoms with van der Waals surface area (Å²) < 4.78 is 0. The first kappa shape index (κ1) is 15.7. The first-order valence-corrected chi connectivity index (χ1v) is 7.51. The fourth-order valence-electron chi connectivity index (χ4n) is 1.99. The van der Waals surface area contributed by atoms with Gasteiger partial charge in [-0.3, -0.25) is 0 Å². The highest BCUT2D eigenvalue weighted by atomic mass is 35.5. The van der Waals surface area contributed by atoms with Crippen molar-refractivity contribution in [2.45, 2.75) is 13.3 Å². The monoisotopic (exact) mass is 319 g/mol. The van der Waals surface area contributed by atoms with Crippen LogP contribution >= 0.6 is 23.2 Å². The molecule has 108 valence electrons. The van der Waals surface area contributed by atoms with Crippen LogP contribution in [0.25, 0.3) is 11.3 Å². The molecule has 0 atom stereocenters. The van der Waals surface area contributed by atoms with E-state index in [1.54, 1.807) is 12.1 Å². The van der Waals surface area contributed by atoms with Crippen LogP contribution in [0.5, 0.6) is 0 Å². The maximum atomic E-state index is 8.24. The van der Waals surface area contributed by atoms with Crippen LogP contribution in [0.3, 0.4) is 0 Å². The molecule has 0 heterocycles. The third kappa shape index (κ3) is 4.38. The van der Waals surface area contributed by atoms with Crippen molar-refractivity contribution in [3.05, 3.63) is 81.9 Å². The van der Waals surface area contributed by atoms with Crippen LogP contribution in [-0.2, 0) is 0 Å². The Balaban J connectivity index is 2.35. The minimum atomic E-state index is 0.460. The Kier molecular flexibility index (Phi) is 5.49. The molecule has 0 aliphatic rings. The fraction of sp³-hybridized carbons (Fsp3) is 0.111. The van der Waals surface area contributed by atoms with E-state index in [9.17, 15) is 0 Å². The Bertz CT molecular complexity index is 653. The van der Waals surface area contributed by atoms with Crippen molar-refractivity contribution < 1.29 is 5.11 Å². The van der Waals surface area contributed by atoms with Crippen LogP contribution in [0, 0.1) is 0 Å². The van der Waals surface area contributed by atoms with E-state index in [-0.39, 0.29) is 0 Å². The molecule has 2 rings (SSSR count). The highest BCUT2D eigenvalue weighted by molar-refractivity contribution is 6.30. The SMILES string of the molecule is CC/C=C(\C=C(/[OH2+])c1ccc(Cl)cc1)c1ccc(Cl)cc1. The number of rotatable bonds is 4. The van der Waals surface area contributed by atoms with Crippen molar-refractivity contribution in [2.24, 2.45) is 0 Å². The lowest BCUT2D eigenvalue weighted by Gasteiger charge is -2.04. The van der Waals surface area contributed by atoms with Crippen molar-refractivity contribution in [2.75, 3.05) is 0 Å². The molecule has 0 fully saturated rings. The predicted octanol–water partition coefficient (Wildman–Crippen LogP) is 5.55. The molecule has 21 heavy (non-hydrogen) atoms. The second-order valence-electron chi connectivity index (χ2n) is 4.64. The molecule has 0 amide bonds. The molecule has 0 aliphatic carbocycles. The van der Waals surface area contributed by atoms with Gasteiger partial charge in [0.1, 0.15) is 0 Å². The molecule has 2 aromatic carbocycles. The van der Waals surface area contributed by atoms with Crippen molar-refractivity contribution in [3.63, 3.8) is 0 Å². The standard InChI is InChI=1S/C18H16Cl2O/c1-2-3-15(13-4-8-16(19)9-5-13)12-18(21)14-6-10-17(20)11-7-14/h3-12,21H,2H2,1H3/p+1/b15-3+,18-12-. The molecule has 0 unspecified atom stereocenters. The topological polar surface area (TPSA) is 22.9 Å². The summed E-state index contributed by atoms with van der Waals surface area (Å²) in [6.45, 7) is 2.08. The van der Waals surface area contributed by atoms with Gasteiger partial charge in [0.15, 0.2) is 0 Å². The zero-order valence-corrected chi connectivity index (χ0v) is 13.2. The highest BCUT2D eigenvalue weighted by Gasteiger charge is 2.07. The van der Waals surface area contributed by atoms with E-state index in [1.165, 1.54) is 0 Å². The quantitative estimate of drug-likeness (QED) is 0.400. The molecule has 0 aromatic heterocycles. The molecule has 0 saturated heterocycles. The summed E-state index contributed by atoms with van der Waals surface area (Å²) in [5, 5.41) is 9.62. The van der Waals surface area contributed by atoms with Crippen molar-refractivity contribution in [1.29, 1.82) is 0 Å². The molecule has 0 spiro atoms. The lowest BCUT2D eigenvalue weighted by Crippen LogP contribution is -1.86. The van der Waals surface area contributed by atoms with Gasteiger partial charge in [-0.15, -0.1) is 0 Å². The van der Waals surface area contributed by atoms with Gasteiger partial charge in [0.2, 0.25) is 0 Å². The number of allylic oxidation sites excluding steroid dienone is 3. The van der Waals surface area contributed by atoms with Crippen molar-refractivity contribution in [3.8, 4) is 0 Å². The lowest BCUT2D eigenvalue weighted by atomic mass is 10.0. The molecule has 1 nitrogen and oxygen atoms in total. The van der Waals surface area contributed by atoms with Crippen LogP contribution in [0.1, 0.15) is 24.5 Å². The van der Waals surface area contributed by atoms with Crippen LogP contribution in [0.15, 0.2) is 60.7 Å². The van der Waals surface area contributed by atoms with Crippen LogP contribution < -0.4 is 0 Å². The van der Waals surface area contributed by atoms with Crippen LogP contribution in [0.4, 0.5) is 0 Å². The zero-order chi connectivity index (χ0) is 15.2. The van der Waals surface area contributed by atoms with E-state index in [4.69, 9.17) is 28.3 Å². The Morgan fingerprint density at radius 3 is 1.86 bits per heavy atom. The average Bonchev–Trinajstić information content (AvgIpc) is 2.48. The largest absolute Gasteiger partial charge is 0.593 e. The third-order valence-corrected chi connectivity index (χ3v) is 3.56. The second-order valence-corrected chi connectivity index (χ2v) is 5.51. The highest BCUT2D eigenvalue weighted by Crippen LogP contribution is 2.24. The predicted molar refractivity (Wildman–Crippen MR) is 92.8 cm³/mol. The van der Waals surface area contributed by atoms with E-state index in [2.05, 4.69) is 13.0 Å². The van der Waals surface area contributed by atoms with Crippen LogP contribution in [-0.4, -0.2) is 5.11 Å². The first-order valence-electron chi connectivity index (χ1n) is 6.75. The Hall–Kier alpha value is -1.70. The summed E-state index contributed by atoms with van der Waals surface area (Å²) in [4.78, 5) is 0. The molecule has 3 heteroatoms. The van der Waals surface area contributed by atoms with Gasteiger partial charge in [-0.25, -0.2) is 0 Å². The minimum absolute atomic E-state index is 0.460. The second kappa shape index (κ2) is 7.35. The summed E-state index contributed by atoms with van der Waals surface area (Å²) in [6.07, 6.45) is 4.88. The normalized spacial score (nSPS) is 12.5. The summed E-state index contributed by atoms with van der Waals surface area (Å²) in [6, 6.07) is 15.0. The molecule has 0 radical (unpaired) electrons. The molecule has 0 saturated carbocycles. The van der Waals surface area contributed by atoms with Gasteiger partial charge in [-0.1, -0.05) is 48.3 Å². The van der Waals surface area contributed by atoms with Gasteiger partial charge in [0.25, 0.3) is 5.76 Å². The molecule has 0 bridgehead atoms. The zero-order valence-electron chi connectivity index (χ0n) is 11.7. The Morgan fingerprint density at radius 1 is 0.905 bits per heavy atom. The van der Waals surface area contributed by atoms with Gasteiger partial charge in [0, 0.05) is 16.1 Å². The number of benzene rings is 2. The van der Waals surface area contributed by atoms with E-state index >= 15 is 0 Å². The van der Waals surface area contributed by atoms with Gasteiger partial charge in [0.05, 0.1) is 5.56 Å². The van der Waals surface area contributed by atoms with Gasteiger partial charge in [-0.2, -0.15) is 0 Å². The molecule has 2 N–H and O–H groups in total. The van der Waals surface area contributed by atoms with Crippen molar-refractivity contribution >= 4 is 34.5 Å². The van der Waals surface area contributed by atoms with Gasteiger partial charge < -0.3 is 5.11 Å². The Labute approximate surface area is 135 Å². The minimum Gasteiger partial charge on any atom is -0.593 e. The van der Waals surface area contributed by atoms with E-state index in [0.29, 0.717) is 15.8 Å². The third-order valence-electron chi connectivity index (χ3n) is 3.06. The molecular formula is C18H17Cl2O+. The fourth-order valence-corrected chi connectivity index (χ4v) is 2.24. The maximum absolute atomic E-state index is 8.24. The lowest BCUT2D eigenvalue weighted by molar-refractivity contribution is 0.512. The maximum Gasteiger partial charge on any atom is 0.261 e. The van der Waals surface area contributed by atoms with Gasteiger partial charge >= 0.3 is 0 Å². The molecular weight excluding hydrogens is 303 g/mol. The molecule has 0 aliphatic heterocycles. The summed E-state index contributed by atoms with van der Waals surface area (Å²) in [7, 11) is 0. The number of halogens is 2. The summed E-state index contributed by atoms with van der Waals surface area (Å²) >= 11 is 11.8. The van der Waals surface area contributed by atoms with E-state index < -0.39 is 0 Å². The van der Waals surface area contributed by atoms with Crippen molar-refractivity contribution in [1.82, 2.24) is 0 Å². The summed E-state index contributed by atoms with van der Waals surface area (Å²) in [5.74, 6) is 0.460. The summed E-state index contributed by atoms with van der Waals surface area (Å²) in [5.41, 5.74) is 2.92. The number of hydrogen-bond acceptors (Lipinski definition) is 0. The van der Waals surface area contributed by atoms with E-state index in [1.807, 2.05) is 42.5 Å². The molecule has 2 aromatic rings. The van der Waals surface area contributed by atoms with Crippen LogP contribution in [0.2, 0.25) is 10.0 Å². The average molecular weight is 320 g/mol. The number of hydrogen-bond donors (Lipinski definition) is 0. The van der Waals surface area contributed by atoms with Gasteiger partial charge in [-0.05, 0) is 54.0 Å². The first-order chi connectivity index (χ1) is 10.1. The smallest absolute Gasteiger partial charge is 0.261 e.